The Kier molecular flexibility index (Phi) is 4.32. The topological polar surface area (TPSA) is 35.5 Å². The fourth-order valence-corrected chi connectivity index (χ4v) is 1.65. The number of benzene rings is 1. The minimum atomic E-state index is -0.348. The van der Waals surface area contributed by atoms with Gasteiger partial charge in [-0.1, -0.05) is 11.6 Å². The van der Waals surface area contributed by atoms with Gasteiger partial charge >= 0.3 is 5.97 Å². The zero-order chi connectivity index (χ0) is 13.0. The second-order valence-corrected chi connectivity index (χ2v) is 4.14. The maximum Gasteiger partial charge on any atom is 0.338 e. The molecule has 0 aliphatic carbocycles. The first kappa shape index (κ1) is 13.3. The minimum Gasteiger partial charge on any atom is -0.496 e. The summed E-state index contributed by atoms with van der Waals surface area (Å²) in [5.74, 6) is 0.339. The number of hydrogen-bond acceptors (Lipinski definition) is 3. The molecular weight excluding hydrogens is 216 g/mol. The van der Waals surface area contributed by atoms with Gasteiger partial charge in [0.05, 0.1) is 19.8 Å². The molecule has 0 amide bonds. The van der Waals surface area contributed by atoms with Crippen molar-refractivity contribution in [1.82, 2.24) is 0 Å². The van der Waals surface area contributed by atoms with Crippen LogP contribution in [0, 0.1) is 6.92 Å². The molecule has 92 valence electrons. The lowest BCUT2D eigenvalue weighted by molar-refractivity contribution is 0.0600. The monoisotopic (exact) mass is 234 g/mol. The van der Waals surface area contributed by atoms with E-state index in [1.54, 1.807) is 7.11 Å². The third-order valence-corrected chi connectivity index (χ3v) is 2.34. The van der Waals surface area contributed by atoms with Crippen LogP contribution in [0.5, 0.6) is 5.75 Å². The van der Waals surface area contributed by atoms with Gasteiger partial charge in [-0.2, -0.15) is 0 Å². The summed E-state index contributed by atoms with van der Waals surface area (Å²) in [4.78, 5) is 11.7. The highest BCUT2D eigenvalue weighted by Gasteiger charge is 2.15. The highest BCUT2D eigenvalue weighted by molar-refractivity contribution is 5.95. The Morgan fingerprint density at radius 3 is 2.35 bits per heavy atom. The fourth-order valence-electron chi connectivity index (χ4n) is 1.65. The number of esters is 1. The van der Waals surface area contributed by atoms with Gasteiger partial charge in [0.25, 0.3) is 0 Å². The minimum absolute atomic E-state index is 0.348. The van der Waals surface area contributed by atoms with Gasteiger partial charge in [-0.05, 0) is 38.5 Å². The molecule has 0 N–H and O–H groups in total. The van der Waals surface area contributed by atoms with Crippen LogP contribution < -0.4 is 4.74 Å². The van der Waals surface area contributed by atoms with Crippen LogP contribution in [-0.4, -0.2) is 20.2 Å². The third kappa shape index (κ3) is 3.09. The van der Waals surface area contributed by atoms with Crippen molar-refractivity contribution >= 4 is 12.0 Å². The molecule has 0 spiro atoms. The molecule has 0 radical (unpaired) electrons. The van der Waals surface area contributed by atoms with E-state index in [4.69, 9.17) is 9.47 Å². The van der Waals surface area contributed by atoms with E-state index in [2.05, 4.69) is 0 Å². The van der Waals surface area contributed by atoms with Crippen molar-refractivity contribution in [3.63, 3.8) is 0 Å². The molecule has 0 aliphatic heterocycles. The van der Waals surface area contributed by atoms with Crippen LogP contribution in [0.1, 0.15) is 35.3 Å². The third-order valence-electron chi connectivity index (χ3n) is 2.34. The first-order chi connectivity index (χ1) is 7.99. The largest absolute Gasteiger partial charge is 0.496 e. The molecule has 3 nitrogen and oxygen atoms in total. The molecule has 0 saturated carbocycles. The van der Waals surface area contributed by atoms with Crippen molar-refractivity contribution in [3.8, 4) is 5.75 Å². The maximum absolute atomic E-state index is 11.7. The van der Waals surface area contributed by atoms with Crippen LogP contribution in [0.15, 0.2) is 17.7 Å². The Bertz CT molecular complexity index is 455. The first-order valence-electron chi connectivity index (χ1n) is 5.41. The normalized spacial score (nSPS) is 9.71. The molecule has 0 atom stereocenters. The fraction of sp³-hybridized carbons (Fsp3) is 0.357. The van der Waals surface area contributed by atoms with E-state index >= 15 is 0 Å². The Labute approximate surface area is 102 Å². The summed E-state index contributed by atoms with van der Waals surface area (Å²) < 4.78 is 10.1. The summed E-state index contributed by atoms with van der Waals surface area (Å²) in [7, 11) is 2.97. The number of aryl methyl sites for hydroxylation is 1. The summed E-state index contributed by atoms with van der Waals surface area (Å²) in [5, 5.41) is 0. The molecule has 0 bridgehead atoms. The Morgan fingerprint density at radius 2 is 1.88 bits per heavy atom. The van der Waals surface area contributed by atoms with Gasteiger partial charge in [-0.3, -0.25) is 0 Å². The van der Waals surface area contributed by atoms with Gasteiger partial charge in [0.2, 0.25) is 0 Å². The number of methoxy groups -OCH3 is 2. The number of carbonyl (C=O) groups is 1. The molecule has 1 aromatic carbocycles. The molecule has 0 aromatic heterocycles. The van der Waals surface area contributed by atoms with Gasteiger partial charge in [-0.25, -0.2) is 4.79 Å². The van der Waals surface area contributed by atoms with Gasteiger partial charge in [0.15, 0.2) is 0 Å². The molecule has 3 heteroatoms. The molecule has 1 aromatic rings. The van der Waals surface area contributed by atoms with E-state index in [1.165, 1.54) is 7.11 Å². The van der Waals surface area contributed by atoms with Crippen LogP contribution in [0.2, 0.25) is 0 Å². The maximum atomic E-state index is 11.7. The Balaban J connectivity index is 3.49. The first-order valence-corrected chi connectivity index (χ1v) is 5.41. The van der Waals surface area contributed by atoms with Crippen molar-refractivity contribution in [3.05, 3.63) is 34.4 Å². The molecular formula is C14H18O3. The zero-order valence-corrected chi connectivity index (χ0v) is 11.0. The van der Waals surface area contributed by atoms with Crippen molar-refractivity contribution < 1.29 is 14.3 Å². The molecule has 0 heterocycles. The predicted molar refractivity (Wildman–Crippen MR) is 68.4 cm³/mol. The van der Waals surface area contributed by atoms with E-state index in [9.17, 15) is 4.79 Å². The van der Waals surface area contributed by atoms with E-state index in [-0.39, 0.29) is 5.97 Å². The standard InChI is InChI=1S/C14H18O3/c1-9(2)6-11-12(14(15)17-5)7-10(3)8-13(11)16-4/h6-8H,1-5H3. The number of hydrogen-bond donors (Lipinski definition) is 0. The molecule has 0 unspecified atom stereocenters. The summed E-state index contributed by atoms with van der Waals surface area (Å²) in [6, 6.07) is 3.71. The summed E-state index contributed by atoms with van der Waals surface area (Å²) >= 11 is 0. The highest BCUT2D eigenvalue weighted by atomic mass is 16.5. The average Bonchev–Trinajstić information content (AvgIpc) is 2.29. The average molecular weight is 234 g/mol. The van der Waals surface area contributed by atoms with Crippen LogP contribution in [0.4, 0.5) is 0 Å². The SMILES string of the molecule is COC(=O)c1cc(C)cc(OC)c1C=C(C)C. The smallest absolute Gasteiger partial charge is 0.338 e. The number of rotatable bonds is 3. The molecule has 0 aliphatic rings. The lowest BCUT2D eigenvalue weighted by Crippen LogP contribution is -2.06. The lowest BCUT2D eigenvalue weighted by atomic mass is 10.0. The number of allylic oxidation sites excluding steroid dienone is 1. The second kappa shape index (κ2) is 5.53. The number of ether oxygens (including phenoxy) is 2. The Morgan fingerprint density at radius 1 is 1.24 bits per heavy atom. The van der Waals surface area contributed by atoms with Crippen LogP contribution in [0.25, 0.3) is 6.08 Å². The van der Waals surface area contributed by atoms with Gasteiger partial charge in [0, 0.05) is 5.56 Å². The molecule has 17 heavy (non-hydrogen) atoms. The quantitative estimate of drug-likeness (QED) is 0.753. The van der Waals surface area contributed by atoms with Crippen molar-refractivity contribution in [2.75, 3.05) is 14.2 Å². The van der Waals surface area contributed by atoms with Gasteiger partial charge in [-0.15, -0.1) is 0 Å². The van der Waals surface area contributed by atoms with Crippen LogP contribution >= 0.6 is 0 Å². The van der Waals surface area contributed by atoms with Crippen LogP contribution in [-0.2, 0) is 4.74 Å². The molecule has 1 rings (SSSR count). The zero-order valence-electron chi connectivity index (χ0n) is 11.0. The predicted octanol–water partition coefficient (Wildman–Crippen LogP) is 3.21. The van der Waals surface area contributed by atoms with E-state index in [1.807, 2.05) is 39.0 Å². The van der Waals surface area contributed by atoms with Crippen molar-refractivity contribution in [1.29, 1.82) is 0 Å². The van der Waals surface area contributed by atoms with Gasteiger partial charge < -0.3 is 9.47 Å². The summed E-state index contributed by atoms with van der Waals surface area (Å²) in [6.45, 7) is 5.86. The van der Waals surface area contributed by atoms with Crippen LogP contribution in [0.3, 0.4) is 0 Å². The van der Waals surface area contributed by atoms with Crippen molar-refractivity contribution in [2.45, 2.75) is 20.8 Å². The summed E-state index contributed by atoms with van der Waals surface area (Å²) in [6.07, 6.45) is 1.92. The van der Waals surface area contributed by atoms with E-state index < -0.39 is 0 Å². The lowest BCUT2D eigenvalue weighted by Gasteiger charge is -2.11. The molecule has 0 fully saturated rings. The Hall–Kier alpha value is -1.77. The molecule has 0 saturated heterocycles. The highest BCUT2D eigenvalue weighted by Crippen LogP contribution is 2.27. The van der Waals surface area contributed by atoms with E-state index in [0.717, 1.165) is 16.7 Å². The van der Waals surface area contributed by atoms with Gasteiger partial charge in [0.1, 0.15) is 5.75 Å². The van der Waals surface area contributed by atoms with Crippen molar-refractivity contribution in [2.24, 2.45) is 0 Å². The van der Waals surface area contributed by atoms with E-state index in [0.29, 0.717) is 11.3 Å². The number of carbonyl (C=O) groups excluding carboxylic acids is 1. The summed E-state index contributed by atoms with van der Waals surface area (Å²) in [5.41, 5.74) is 3.36. The second-order valence-electron chi connectivity index (χ2n) is 4.14.